The van der Waals surface area contributed by atoms with Crippen LogP contribution >= 0.6 is 11.6 Å². The molecular formula is C13H21ClN4O3S. The van der Waals surface area contributed by atoms with E-state index >= 15 is 0 Å². The van der Waals surface area contributed by atoms with Crippen LogP contribution in [0.5, 0.6) is 0 Å². The maximum Gasteiger partial charge on any atom is 0.242 e. The number of hydrogen-bond donors (Lipinski definition) is 1. The topological polar surface area (TPSA) is 74.8 Å². The van der Waals surface area contributed by atoms with Crippen LogP contribution < -0.4 is 9.62 Å². The predicted octanol–water partition coefficient (Wildman–Crippen LogP) is 0.412. The number of halogens is 1. The number of aromatic nitrogens is 1. The first kappa shape index (κ1) is 17.4. The quantitative estimate of drug-likeness (QED) is 0.751. The summed E-state index contributed by atoms with van der Waals surface area (Å²) in [7, 11) is -0.0403. The highest BCUT2D eigenvalue weighted by Gasteiger charge is 2.21. The van der Waals surface area contributed by atoms with E-state index in [1.807, 2.05) is 0 Å². The smallest absolute Gasteiger partial charge is 0.242 e. The molecule has 0 saturated carbocycles. The molecule has 0 radical (unpaired) electrons. The molecule has 0 bridgehead atoms. The Balaban J connectivity index is 2.12. The maximum absolute atomic E-state index is 12.1. The number of sulfonamides is 1. The molecule has 1 N–H and O–H groups in total. The summed E-state index contributed by atoms with van der Waals surface area (Å²) in [4.78, 5) is 8.60. The molecule has 1 aliphatic heterocycles. The average Bonchev–Trinajstić information content (AvgIpc) is 2.48. The Morgan fingerprint density at radius 1 is 1.36 bits per heavy atom. The first-order valence-corrected chi connectivity index (χ1v) is 8.88. The number of nitrogens with zero attached hydrogens (tertiary/aromatic N) is 3. The zero-order chi connectivity index (χ0) is 16.2. The lowest BCUT2D eigenvalue weighted by molar-refractivity contribution is 0.204. The molecule has 0 aromatic carbocycles. The van der Waals surface area contributed by atoms with Crippen LogP contribution in [0.4, 0.5) is 5.82 Å². The lowest BCUT2D eigenvalue weighted by Crippen LogP contribution is -2.45. The van der Waals surface area contributed by atoms with Gasteiger partial charge in [-0.05, 0) is 13.1 Å². The van der Waals surface area contributed by atoms with Crippen molar-refractivity contribution in [1.82, 2.24) is 14.6 Å². The molecule has 2 heterocycles. The van der Waals surface area contributed by atoms with Gasteiger partial charge in [-0.1, -0.05) is 11.6 Å². The second-order valence-electron chi connectivity index (χ2n) is 5.16. The van der Waals surface area contributed by atoms with Crippen molar-refractivity contribution in [2.45, 2.75) is 4.90 Å². The van der Waals surface area contributed by atoms with E-state index in [-0.39, 0.29) is 11.4 Å². The van der Waals surface area contributed by atoms with Crippen LogP contribution in [0, 0.1) is 0 Å². The first-order valence-electron chi connectivity index (χ1n) is 7.01. The van der Waals surface area contributed by atoms with Crippen LogP contribution in [0.3, 0.4) is 0 Å². The Kier molecular flexibility index (Phi) is 5.99. The van der Waals surface area contributed by atoms with E-state index in [2.05, 4.69) is 26.6 Å². The largest absolute Gasteiger partial charge is 0.383 e. The third-order valence-corrected chi connectivity index (χ3v) is 5.21. The Morgan fingerprint density at radius 2 is 2.05 bits per heavy atom. The third-order valence-electron chi connectivity index (χ3n) is 3.51. The summed E-state index contributed by atoms with van der Waals surface area (Å²) in [5, 5.41) is 0.346. The van der Waals surface area contributed by atoms with Gasteiger partial charge in [-0.15, -0.1) is 0 Å². The molecule has 0 atom stereocenters. The van der Waals surface area contributed by atoms with Gasteiger partial charge in [0, 0.05) is 46.0 Å². The number of nitrogens with one attached hydrogen (secondary N) is 1. The first-order chi connectivity index (χ1) is 10.4. The summed E-state index contributed by atoms with van der Waals surface area (Å²) in [6.07, 6.45) is 1.34. The summed E-state index contributed by atoms with van der Waals surface area (Å²) >= 11 is 6.23. The Bertz CT molecular complexity index is 603. The van der Waals surface area contributed by atoms with Crippen molar-refractivity contribution in [1.29, 1.82) is 0 Å². The molecule has 1 aromatic heterocycles. The van der Waals surface area contributed by atoms with Gasteiger partial charge in [-0.2, -0.15) is 0 Å². The number of methoxy groups -OCH3 is 1. The van der Waals surface area contributed by atoms with Gasteiger partial charge >= 0.3 is 0 Å². The molecular weight excluding hydrogens is 328 g/mol. The number of likely N-dealkylation sites (N-methyl/N-ethyl adjacent to an activating group) is 1. The van der Waals surface area contributed by atoms with Crippen molar-refractivity contribution in [2.75, 3.05) is 58.4 Å². The van der Waals surface area contributed by atoms with Crippen molar-refractivity contribution >= 4 is 27.4 Å². The Labute approximate surface area is 136 Å². The molecule has 1 aliphatic rings. The minimum absolute atomic E-state index is 0.0616. The number of pyridine rings is 1. The van der Waals surface area contributed by atoms with Crippen molar-refractivity contribution in [3.63, 3.8) is 0 Å². The summed E-state index contributed by atoms with van der Waals surface area (Å²) < 4.78 is 31.5. The van der Waals surface area contributed by atoms with Gasteiger partial charge in [0.2, 0.25) is 10.0 Å². The van der Waals surface area contributed by atoms with Crippen molar-refractivity contribution in [2.24, 2.45) is 0 Å². The molecule has 7 nitrogen and oxygen atoms in total. The van der Waals surface area contributed by atoms with Gasteiger partial charge < -0.3 is 14.5 Å². The monoisotopic (exact) mass is 348 g/mol. The number of ether oxygens (including phenoxy) is 1. The minimum Gasteiger partial charge on any atom is -0.383 e. The maximum atomic E-state index is 12.1. The van der Waals surface area contributed by atoms with Crippen molar-refractivity contribution < 1.29 is 13.2 Å². The van der Waals surface area contributed by atoms with Crippen LogP contribution in [0.15, 0.2) is 17.2 Å². The van der Waals surface area contributed by atoms with Crippen LogP contribution in [-0.4, -0.2) is 71.8 Å². The van der Waals surface area contributed by atoms with Crippen molar-refractivity contribution in [3.05, 3.63) is 17.3 Å². The van der Waals surface area contributed by atoms with E-state index in [0.29, 0.717) is 17.4 Å². The van der Waals surface area contributed by atoms with Crippen LogP contribution in [0.25, 0.3) is 0 Å². The van der Waals surface area contributed by atoms with Gasteiger partial charge in [0.25, 0.3) is 0 Å². The number of piperazine rings is 1. The molecule has 0 unspecified atom stereocenters. The fourth-order valence-electron chi connectivity index (χ4n) is 2.17. The zero-order valence-corrected chi connectivity index (χ0v) is 14.3. The highest BCUT2D eigenvalue weighted by molar-refractivity contribution is 7.89. The molecule has 1 aromatic rings. The zero-order valence-electron chi connectivity index (χ0n) is 12.7. The lowest BCUT2D eigenvalue weighted by Gasteiger charge is -2.33. The SMILES string of the molecule is COCCNS(=O)(=O)c1cnc(N2CCN(C)CC2)c(Cl)c1. The van der Waals surface area contributed by atoms with E-state index in [4.69, 9.17) is 16.3 Å². The van der Waals surface area contributed by atoms with Gasteiger partial charge in [0.15, 0.2) is 0 Å². The Hall–Kier alpha value is -0.930. The highest BCUT2D eigenvalue weighted by Crippen LogP contribution is 2.26. The highest BCUT2D eigenvalue weighted by atomic mass is 35.5. The number of anilines is 1. The average molecular weight is 349 g/mol. The Morgan fingerprint density at radius 3 is 2.64 bits per heavy atom. The number of hydrogen-bond acceptors (Lipinski definition) is 6. The van der Waals surface area contributed by atoms with E-state index in [1.54, 1.807) is 0 Å². The normalized spacial score (nSPS) is 17.0. The summed E-state index contributed by atoms with van der Waals surface area (Å²) in [6, 6.07) is 1.44. The van der Waals surface area contributed by atoms with E-state index in [1.165, 1.54) is 19.4 Å². The summed E-state index contributed by atoms with van der Waals surface area (Å²) in [6.45, 7) is 4.01. The van der Waals surface area contributed by atoms with Gasteiger partial charge in [-0.3, -0.25) is 0 Å². The summed E-state index contributed by atoms with van der Waals surface area (Å²) in [5.41, 5.74) is 0. The standard InChI is InChI=1S/C13H21ClN4O3S/c1-17-4-6-18(7-5-17)13-12(14)9-11(10-15-13)22(19,20)16-3-8-21-2/h9-10,16H,3-8H2,1-2H3. The molecule has 22 heavy (non-hydrogen) atoms. The van der Waals surface area contributed by atoms with Crippen molar-refractivity contribution in [3.8, 4) is 0 Å². The van der Waals surface area contributed by atoms with Crippen LogP contribution in [-0.2, 0) is 14.8 Å². The van der Waals surface area contributed by atoms with E-state index in [0.717, 1.165) is 26.2 Å². The molecule has 0 aliphatic carbocycles. The summed E-state index contributed by atoms with van der Waals surface area (Å²) in [5.74, 6) is 0.630. The van der Waals surface area contributed by atoms with Gasteiger partial charge in [0.05, 0.1) is 11.6 Å². The minimum atomic E-state index is -3.61. The second kappa shape index (κ2) is 7.56. The molecule has 1 saturated heterocycles. The molecule has 0 spiro atoms. The second-order valence-corrected chi connectivity index (χ2v) is 7.33. The third kappa shape index (κ3) is 4.30. The van der Waals surface area contributed by atoms with Crippen LogP contribution in [0.2, 0.25) is 5.02 Å². The van der Waals surface area contributed by atoms with E-state index < -0.39 is 10.0 Å². The molecule has 124 valence electrons. The molecule has 0 amide bonds. The number of rotatable bonds is 6. The lowest BCUT2D eigenvalue weighted by atomic mass is 10.3. The fraction of sp³-hybridized carbons (Fsp3) is 0.615. The predicted molar refractivity (Wildman–Crippen MR) is 86.0 cm³/mol. The molecule has 9 heteroatoms. The fourth-order valence-corrected chi connectivity index (χ4v) is 3.51. The van der Waals surface area contributed by atoms with E-state index in [9.17, 15) is 8.42 Å². The molecule has 1 fully saturated rings. The van der Waals surface area contributed by atoms with Gasteiger partial charge in [0.1, 0.15) is 10.7 Å². The van der Waals surface area contributed by atoms with Gasteiger partial charge in [-0.25, -0.2) is 18.1 Å². The molecule has 2 rings (SSSR count). The van der Waals surface area contributed by atoms with Crippen LogP contribution in [0.1, 0.15) is 0 Å².